The fraction of sp³-hybridized carbons (Fsp3) is 0.286. The normalized spacial score (nSPS) is 15.1. The number of fused-ring (bicyclic) bond motifs is 1. The highest BCUT2D eigenvalue weighted by molar-refractivity contribution is 6.36. The maximum absolute atomic E-state index is 14.8. The first-order chi connectivity index (χ1) is 19.6. The Kier molecular flexibility index (Phi) is 8.34. The number of hydrogen-bond donors (Lipinski definition) is 3. The third kappa shape index (κ3) is 6.89. The molecule has 0 bridgehead atoms. The van der Waals surface area contributed by atoms with Gasteiger partial charge in [-0.2, -0.15) is 13.2 Å². The maximum Gasteiger partial charge on any atom is 0.416 e. The number of aromatic amines is 1. The van der Waals surface area contributed by atoms with E-state index < -0.39 is 23.6 Å². The molecule has 0 saturated carbocycles. The number of amides is 2. The van der Waals surface area contributed by atoms with Gasteiger partial charge >= 0.3 is 12.2 Å². The van der Waals surface area contributed by atoms with E-state index in [1.54, 1.807) is 12.3 Å². The number of pyridine rings is 1. The number of hydrogen-bond acceptors (Lipinski definition) is 5. The molecule has 2 aromatic carbocycles. The monoisotopic (exact) mass is 590 g/mol. The SMILES string of the molecule is CN1CCCN(Cc2ccc(NC(=O)Nc3ccc(Oc4ccnc5[nH]cc(Cl)c45)cc3F)cc2C(F)(F)F)CC1. The minimum absolute atomic E-state index is 0.0698. The number of likely N-dealkylation sites (N-methyl/N-ethyl adjacent to an activating group) is 1. The standard InChI is InChI=1S/C28H27ClF4N6O2/c1-38-9-2-10-39(12-11-38)16-17-3-4-18(13-20(17)28(31,32)33)36-27(40)37-23-6-5-19(14-22(23)30)41-24-7-8-34-26-25(24)21(29)15-35-26/h3-8,13-15H,2,9-12,16H2,1H3,(H,34,35)(H2,36,37,40). The van der Waals surface area contributed by atoms with Gasteiger partial charge in [0.1, 0.15) is 23.0 Å². The zero-order valence-corrected chi connectivity index (χ0v) is 22.7. The van der Waals surface area contributed by atoms with Crippen molar-refractivity contribution in [3.63, 3.8) is 0 Å². The number of nitrogens with zero attached hydrogens (tertiary/aromatic N) is 3. The van der Waals surface area contributed by atoms with Crippen LogP contribution in [0.25, 0.3) is 11.0 Å². The molecule has 2 amide bonds. The molecule has 1 saturated heterocycles. The Labute approximate surface area is 238 Å². The van der Waals surface area contributed by atoms with E-state index in [0.29, 0.717) is 34.9 Å². The van der Waals surface area contributed by atoms with Gasteiger partial charge in [-0.05, 0) is 62.5 Å². The van der Waals surface area contributed by atoms with Crippen molar-refractivity contribution in [3.8, 4) is 11.5 Å². The minimum atomic E-state index is -4.61. The molecule has 1 aliphatic heterocycles. The second-order valence-corrected chi connectivity index (χ2v) is 10.2. The van der Waals surface area contributed by atoms with E-state index in [2.05, 4.69) is 25.5 Å². The predicted octanol–water partition coefficient (Wildman–Crippen LogP) is 6.95. The molecule has 41 heavy (non-hydrogen) atoms. The van der Waals surface area contributed by atoms with Crippen molar-refractivity contribution in [2.45, 2.75) is 19.1 Å². The highest BCUT2D eigenvalue weighted by atomic mass is 35.5. The first-order valence-electron chi connectivity index (χ1n) is 12.8. The topological polar surface area (TPSA) is 85.5 Å². The smallest absolute Gasteiger partial charge is 0.416 e. The van der Waals surface area contributed by atoms with Crippen molar-refractivity contribution in [1.82, 2.24) is 19.8 Å². The molecule has 13 heteroatoms. The van der Waals surface area contributed by atoms with Crippen molar-refractivity contribution in [2.24, 2.45) is 0 Å². The summed E-state index contributed by atoms with van der Waals surface area (Å²) in [6.45, 7) is 3.19. The lowest BCUT2D eigenvalue weighted by molar-refractivity contribution is -0.138. The fourth-order valence-corrected chi connectivity index (χ4v) is 4.94. The van der Waals surface area contributed by atoms with Gasteiger partial charge in [0.15, 0.2) is 0 Å². The van der Waals surface area contributed by atoms with Crippen LogP contribution in [0.15, 0.2) is 54.9 Å². The number of alkyl halides is 3. The van der Waals surface area contributed by atoms with Crippen molar-refractivity contribution >= 4 is 40.0 Å². The Hall–Kier alpha value is -3.87. The van der Waals surface area contributed by atoms with Crippen LogP contribution in [0.4, 0.5) is 33.7 Å². The molecule has 3 heterocycles. The van der Waals surface area contributed by atoms with Gasteiger partial charge in [-0.1, -0.05) is 17.7 Å². The fourth-order valence-electron chi connectivity index (χ4n) is 4.70. The molecule has 0 spiro atoms. The van der Waals surface area contributed by atoms with Gasteiger partial charge in [0, 0.05) is 43.8 Å². The maximum atomic E-state index is 14.8. The molecule has 2 aromatic heterocycles. The van der Waals surface area contributed by atoms with E-state index in [0.717, 1.165) is 31.6 Å². The van der Waals surface area contributed by atoms with Crippen LogP contribution in [0.3, 0.4) is 0 Å². The van der Waals surface area contributed by atoms with Crippen LogP contribution in [0.2, 0.25) is 5.02 Å². The van der Waals surface area contributed by atoms with Gasteiger partial charge in [-0.3, -0.25) is 4.90 Å². The van der Waals surface area contributed by atoms with Crippen molar-refractivity contribution in [3.05, 3.63) is 76.8 Å². The van der Waals surface area contributed by atoms with Gasteiger partial charge in [0.2, 0.25) is 0 Å². The van der Waals surface area contributed by atoms with Crippen LogP contribution in [-0.4, -0.2) is 59.0 Å². The van der Waals surface area contributed by atoms with Crippen molar-refractivity contribution in [1.29, 1.82) is 0 Å². The summed E-state index contributed by atoms with van der Waals surface area (Å²) in [5, 5.41) is 5.60. The third-order valence-corrected chi connectivity index (χ3v) is 7.08. The van der Waals surface area contributed by atoms with Gasteiger partial charge in [-0.15, -0.1) is 0 Å². The molecule has 4 aromatic rings. The quantitative estimate of drug-likeness (QED) is 0.212. The molecule has 0 atom stereocenters. The second kappa shape index (κ2) is 11.9. The summed E-state index contributed by atoms with van der Waals surface area (Å²) in [4.78, 5) is 23.7. The molecular formula is C28H27ClF4N6O2. The molecule has 5 rings (SSSR count). The molecule has 0 unspecified atom stereocenters. The number of benzene rings is 2. The molecular weight excluding hydrogens is 564 g/mol. The summed E-state index contributed by atoms with van der Waals surface area (Å²) in [6, 6.07) is 8.13. The lowest BCUT2D eigenvalue weighted by Crippen LogP contribution is -2.29. The number of halogens is 5. The summed E-state index contributed by atoms with van der Waals surface area (Å²) in [6.07, 6.45) is -0.682. The van der Waals surface area contributed by atoms with Crippen LogP contribution >= 0.6 is 11.6 Å². The van der Waals surface area contributed by atoms with E-state index >= 15 is 0 Å². The zero-order chi connectivity index (χ0) is 29.1. The largest absolute Gasteiger partial charge is 0.456 e. The van der Waals surface area contributed by atoms with E-state index in [1.807, 2.05) is 11.9 Å². The minimum Gasteiger partial charge on any atom is -0.456 e. The number of anilines is 2. The number of H-pyrrole nitrogens is 1. The Balaban J connectivity index is 1.26. The Morgan fingerprint density at radius 2 is 1.93 bits per heavy atom. The first-order valence-corrected chi connectivity index (χ1v) is 13.2. The van der Waals surface area contributed by atoms with Crippen LogP contribution in [0.1, 0.15) is 17.5 Å². The number of nitrogens with one attached hydrogen (secondary N) is 3. The molecule has 3 N–H and O–H groups in total. The highest BCUT2D eigenvalue weighted by Gasteiger charge is 2.34. The van der Waals surface area contributed by atoms with Crippen LogP contribution in [0.5, 0.6) is 11.5 Å². The molecule has 0 aliphatic carbocycles. The molecule has 1 aliphatic rings. The average molecular weight is 591 g/mol. The second-order valence-electron chi connectivity index (χ2n) is 9.79. The number of aromatic nitrogens is 2. The van der Waals surface area contributed by atoms with Crippen molar-refractivity contribution in [2.75, 3.05) is 43.9 Å². The number of urea groups is 1. The van der Waals surface area contributed by atoms with Crippen LogP contribution in [-0.2, 0) is 12.7 Å². The summed E-state index contributed by atoms with van der Waals surface area (Å²) in [7, 11) is 1.99. The summed E-state index contributed by atoms with van der Waals surface area (Å²) in [5.74, 6) is -0.316. The van der Waals surface area contributed by atoms with E-state index in [4.69, 9.17) is 16.3 Å². The third-order valence-electron chi connectivity index (χ3n) is 6.78. The Bertz CT molecular complexity index is 1560. The summed E-state index contributed by atoms with van der Waals surface area (Å²) >= 11 is 6.18. The van der Waals surface area contributed by atoms with E-state index in [9.17, 15) is 22.4 Å². The Morgan fingerprint density at radius 1 is 1.10 bits per heavy atom. The number of carbonyl (C=O) groups excluding carboxylic acids is 1. The lowest BCUT2D eigenvalue weighted by Gasteiger charge is -2.23. The molecule has 0 radical (unpaired) electrons. The Morgan fingerprint density at radius 3 is 2.71 bits per heavy atom. The molecule has 1 fully saturated rings. The molecule has 216 valence electrons. The van der Waals surface area contributed by atoms with Gasteiger partial charge in [-0.25, -0.2) is 14.2 Å². The van der Waals surface area contributed by atoms with Crippen molar-refractivity contribution < 1.29 is 27.1 Å². The van der Waals surface area contributed by atoms with Gasteiger partial charge < -0.3 is 25.3 Å². The lowest BCUT2D eigenvalue weighted by atomic mass is 10.0. The van der Waals surface area contributed by atoms with Crippen LogP contribution in [0, 0.1) is 5.82 Å². The van der Waals surface area contributed by atoms with E-state index in [-0.39, 0.29) is 29.2 Å². The number of carbonyl (C=O) groups is 1. The van der Waals surface area contributed by atoms with Gasteiger partial charge in [0.25, 0.3) is 0 Å². The summed E-state index contributed by atoms with van der Waals surface area (Å²) in [5.41, 5.74) is -0.456. The predicted molar refractivity (Wildman–Crippen MR) is 149 cm³/mol. The summed E-state index contributed by atoms with van der Waals surface area (Å²) < 4.78 is 62.3. The number of ether oxygens (including phenoxy) is 1. The highest BCUT2D eigenvalue weighted by Crippen LogP contribution is 2.36. The van der Waals surface area contributed by atoms with E-state index in [1.165, 1.54) is 30.5 Å². The van der Waals surface area contributed by atoms with Gasteiger partial charge in [0.05, 0.1) is 21.7 Å². The average Bonchev–Trinajstić information content (AvgIpc) is 3.18. The van der Waals surface area contributed by atoms with Crippen LogP contribution < -0.4 is 15.4 Å². The molecule has 8 nitrogen and oxygen atoms in total. The zero-order valence-electron chi connectivity index (χ0n) is 22.0. The number of rotatable bonds is 6. The first kappa shape index (κ1) is 28.7.